The van der Waals surface area contributed by atoms with Crippen LogP contribution in [-0.4, -0.2) is 39.0 Å². The molecule has 0 spiro atoms. The molecule has 74 heavy (non-hydrogen) atoms. The number of hydrogen-bond donors (Lipinski definition) is 0. The van der Waals surface area contributed by atoms with Gasteiger partial charge in [0.05, 0.1) is 22.1 Å². The topological polar surface area (TPSA) is 87.2 Å². The maximum absolute atomic E-state index is 5.24. The zero-order chi connectivity index (χ0) is 49.0. The van der Waals surface area contributed by atoms with Crippen molar-refractivity contribution in [1.82, 2.24) is 39.0 Å². The van der Waals surface area contributed by atoms with Gasteiger partial charge in [-0.2, -0.15) is 0 Å². The number of hydrogen-bond acceptors (Lipinski definition) is 6. The Morgan fingerprint density at radius 2 is 0.514 bits per heavy atom. The standard InChI is InChI=1S/C66H42N8/c1-5-21-43(22-6-1)61-67-63(47-27-17-25-45(41-47)51-35-19-37-55-53-33-13-15-39-57(53)73(59(51)55)49-29-9-3-10-30-49)71-65(69-61)66-70-62(44-23-7-2-8-24-44)68-64(72-66)48-28-18-26-46(42-48)52-36-20-38-56-54-34-14-16-40-58(54)74(60(52)56)50-31-11-4-12-32-50/h1-42H. The quantitative estimate of drug-likeness (QED) is 0.143. The summed E-state index contributed by atoms with van der Waals surface area (Å²) < 4.78 is 4.73. The largest absolute Gasteiger partial charge is 0.309 e. The van der Waals surface area contributed by atoms with Crippen molar-refractivity contribution in [3.05, 3.63) is 255 Å². The van der Waals surface area contributed by atoms with Crippen LogP contribution in [-0.2, 0) is 0 Å². The molecule has 0 aliphatic heterocycles. The summed E-state index contributed by atoms with van der Waals surface area (Å²) in [7, 11) is 0. The smallest absolute Gasteiger partial charge is 0.202 e. The van der Waals surface area contributed by atoms with Crippen LogP contribution in [0.15, 0.2) is 255 Å². The van der Waals surface area contributed by atoms with Gasteiger partial charge in [-0.15, -0.1) is 0 Å². The normalized spacial score (nSPS) is 11.5. The third-order valence-corrected chi connectivity index (χ3v) is 13.8. The molecule has 0 unspecified atom stereocenters. The number of nitrogens with zero attached hydrogens (tertiary/aromatic N) is 8. The summed E-state index contributed by atoms with van der Waals surface area (Å²) in [5.74, 6) is 2.68. The fraction of sp³-hybridized carbons (Fsp3) is 0. The van der Waals surface area contributed by atoms with Gasteiger partial charge in [0.25, 0.3) is 0 Å². The second-order valence-corrected chi connectivity index (χ2v) is 18.3. The number of fused-ring (bicyclic) bond motifs is 6. The van der Waals surface area contributed by atoms with Crippen molar-refractivity contribution >= 4 is 43.6 Å². The van der Waals surface area contributed by atoms with Gasteiger partial charge in [-0.25, -0.2) is 29.9 Å². The summed E-state index contributed by atoms with van der Waals surface area (Å²) in [6, 6.07) is 88.4. The first-order valence-electron chi connectivity index (χ1n) is 24.7. The predicted molar refractivity (Wildman–Crippen MR) is 300 cm³/mol. The zero-order valence-electron chi connectivity index (χ0n) is 39.8. The van der Waals surface area contributed by atoms with Crippen LogP contribution in [0, 0.1) is 0 Å². The number of aromatic nitrogens is 8. The molecular formula is C66H42N8. The average Bonchev–Trinajstić information content (AvgIpc) is 4.02. The van der Waals surface area contributed by atoms with Crippen LogP contribution >= 0.6 is 0 Å². The first-order chi connectivity index (χ1) is 36.7. The summed E-state index contributed by atoms with van der Waals surface area (Å²) in [5.41, 5.74) is 14.3. The minimum absolute atomic E-state index is 0.333. The molecule has 14 aromatic rings. The van der Waals surface area contributed by atoms with E-state index in [0.717, 1.165) is 77.9 Å². The van der Waals surface area contributed by atoms with Gasteiger partial charge < -0.3 is 9.13 Å². The van der Waals surface area contributed by atoms with E-state index in [0.29, 0.717) is 34.9 Å². The van der Waals surface area contributed by atoms with Gasteiger partial charge in [0.1, 0.15) is 0 Å². The third-order valence-electron chi connectivity index (χ3n) is 13.8. The van der Waals surface area contributed by atoms with Crippen LogP contribution in [0.25, 0.3) is 134 Å². The SMILES string of the molecule is c1ccc(-c2nc(-c3cccc(-c4cccc5c6ccccc6n(-c6ccccc6)c45)c3)nc(-c3nc(-c4ccccc4)nc(-c4cccc(-c5cccc6c7ccccc7n(-c7ccccc7)c56)c4)n3)n2)cc1. The maximum atomic E-state index is 5.24. The molecule has 10 aromatic carbocycles. The van der Waals surface area contributed by atoms with Gasteiger partial charge in [0.15, 0.2) is 23.3 Å². The van der Waals surface area contributed by atoms with Gasteiger partial charge in [0, 0.05) is 66.3 Å². The Morgan fingerprint density at radius 3 is 0.932 bits per heavy atom. The first kappa shape index (κ1) is 42.7. The van der Waals surface area contributed by atoms with Gasteiger partial charge in [-0.3, -0.25) is 0 Å². The van der Waals surface area contributed by atoms with Crippen LogP contribution in [0.4, 0.5) is 0 Å². The van der Waals surface area contributed by atoms with Crippen molar-refractivity contribution in [2.45, 2.75) is 0 Å². The third kappa shape index (κ3) is 7.40. The van der Waals surface area contributed by atoms with Gasteiger partial charge in [-0.1, -0.05) is 206 Å². The Balaban J connectivity index is 0.937. The lowest BCUT2D eigenvalue weighted by atomic mass is 9.99. The van der Waals surface area contributed by atoms with Gasteiger partial charge in [0.2, 0.25) is 11.6 Å². The maximum Gasteiger partial charge on any atom is 0.202 e. The highest BCUT2D eigenvalue weighted by atomic mass is 15.1. The minimum Gasteiger partial charge on any atom is -0.309 e. The lowest BCUT2D eigenvalue weighted by Gasteiger charge is -2.13. The average molecular weight is 947 g/mol. The summed E-state index contributed by atoms with van der Waals surface area (Å²) in [6.45, 7) is 0. The molecule has 4 heterocycles. The highest BCUT2D eigenvalue weighted by molar-refractivity contribution is 6.15. The molecular weight excluding hydrogens is 905 g/mol. The molecule has 0 radical (unpaired) electrons. The van der Waals surface area contributed by atoms with E-state index in [1.165, 1.54) is 21.5 Å². The Labute approximate surface area is 426 Å². The Hall–Kier alpha value is -10.2. The van der Waals surface area contributed by atoms with Crippen molar-refractivity contribution < 1.29 is 0 Å². The fourth-order valence-corrected chi connectivity index (χ4v) is 10.5. The second-order valence-electron chi connectivity index (χ2n) is 18.3. The van der Waals surface area contributed by atoms with Gasteiger partial charge in [-0.05, 0) is 59.7 Å². The molecule has 14 rings (SSSR count). The van der Waals surface area contributed by atoms with Crippen molar-refractivity contribution in [1.29, 1.82) is 0 Å². The molecule has 0 bridgehead atoms. The molecule has 0 aliphatic rings. The molecule has 4 aromatic heterocycles. The monoisotopic (exact) mass is 946 g/mol. The lowest BCUT2D eigenvalue weighted by Crippen LogP contribution is -2.05. The zero-order valence-corrected chi connectivity index (χ0v) is 39.8. The Kier molecular flexibility index (Phi) is 10.3. The molecule has 8 nitrogen and oxygen atoms in total. The molecule has 0 fully saturated rings. The Bertz CT molecular complexity index is 4130. The molecule has 346 valence electrons. The number of para-hydroxylation sites is 6. The number of benzene rings is 10. The summed E-state index contributed by atoms with van der Waals surface area (Å²) in [5, 5.41) is 4.75. The minimum atomic E-state index is 0.333. The Morgan fingerprint density at radius 1 is 0.216 bits per heavy atom. The summed E-state index contributed by atoms with van der Waals surface area (Å²) in [6.07, 6.45) is 0. The fourth-order valence-electron chi connectivity index (χ4n) is 10.5. The van der Waals surface area contributed by atoms with Crippen LogP contribution in [0.2, 0.25) is 0 Å². The highest BCUT2D eigenvalue weighted by Crippen LogP contribution is 2.41. The molecule has 0 amide bonds. The summed E-state index contributed by atoms with van der Waals surface area (Å²) in [4.78, 5) is 31.1. The molecule has 0 atom stereocenters. The van der Waals surface area contributed by atoms with Gasteiger partial charge >= 0.3 is 0 Å². The predicted octanol–water partition coefficient (Wildman–Crippen LogP) is 15.9. The van der Waals surface area contributed by atoms with Crippen molar-refractivity contribution in [2.75, 3.05) is 0 Å². The molecule has 0 aliphatic carbocycles. The van der Waals surface area contributed by atoms with Crippen molar-refractivity contribution in [3.63, 3.8) is 0 Å². The first-order valence-corrected chi connectivity index (χ1v) is 24.7. The van der Waals surface area contributed by atoms with Crippen molar-refractivity contribution in [2.24, 2.45) is 0 Å². The van der Waals surface area contributed by atoms with E-state index in [2.05, 4.69) is 203 Å². The number of rotatable bonds is 9. The molecule has 0 saturated heterocycles. The van der Waals surface area contributed by atoms with Crippen LogP contribution < -0.4 is 0 Å². The van der Waals surface area contributed by atoms with Crippen LogP contribution in [0.1, 0.15) is 0 Å². The molecule has 0 N–H and O–H groups in total. The van der Waals surface area contributed by atoms with E-state index < -0.39 is 0 Å². The van der Waals surface area contributed by atoms with Crippen LogP contribution in [0.3, 0.4) is 0 Å². The molecule has 0 saturated carbocycles. The van der Waals surface area contributed by atoms with Crippen molar-refractivity contribution in [3.8, 4) is 90.8 Å². The van der Waals surface area contributed by atoms with E-state index in [1.807, 2.05) is 60.7 Å². The van der Waals surface area contributed by atoms with E-state index in [-0.39, 0.29) is 0 Å². The second kappa shape index (κ2) is 17.9. The van der Waals surface area contributed by atoms with E-state index in [9.17, 15) is 0 Å². The molecule has 8 heteroatoms. The summed E-state index contributed by atoms with van der Waals surface area (Å²) >= 11 is 0. The van der Waals surface area contributed by atoms with E-state index >= 15 is 0 Å². The lowest BCUT2D eigenvalue weighted by molar-refractivity contribution is 1.00. The van der Waals surface area contributed by atoms with E-state index in [1.54, 1.807) is 0 Å². The van der Waals surface area contributed by atoms with Crippen LogP contribution in [0.5, 0.6) is 0 Å². The van der Waals surface area contributed by atoms with E-state index in [4.69, 9.17) is 29.9 Å². The highest BCUT2D eigenvalue weighted by Gasteiger charge is 2.22.